The lowest BCUT2D eigenvalue weighted by molar-refractivity contribution is -0.129. The Balaban J connectivity index is 1.38. The van der Waals surface area contributed by atoms with Gasteiger partial charge in [0.2, 0.25) is 5.91 Å². The molecular weight excluding hydrogens is 380 g/mol. The standard InChI is InChI=1S/C28H36N2O/c1-21(30-20-28(4)17-25(30)16-27(2,3)19-28)24-13-11-23(12-14-24)18-29(5)26(31)15-22-9-7-6-8-10-22/h6-14,25H,1,15-20H2,2-5H3. The van der Waals surface area contributed by atoms with E-state index in [-0.39, 0.29) is 5.91 Å². The Morgan fingerprint density at radius 1 is 1.03 bits per heavy atom. The van der Waals surface area contributed by atoms with E-state index in [4.69, 9.17) is 0 Å². The van der Waals surface area contributed by atoms with Crippen LogP contribution in [0.15, 0.2) is 61.2 Å². The predicted molar refractivity (Wildman–Crippen MR) is 128 cm³/mol. The van der Waals surface area contributed by atoms with Gasteiger partial charge in [-0.3, -0.25) is 4.79 Å². The Hall–Kier alpha value is -2.55. The van der Waals surface area contributed by atoms with Gasteiger partial charge in [-0.05, 0) is 46.8 Å². The highest BCUT2D eigenvalue weighted by Crippen LogP contribution is 2.54. The zero-order valence-electron chi connectivity index (χ0n) is 19.5. The SMILES string of the molecule is C=C(c1ccc(CN(C)C(=O)Cc2ccccc2)cc1)N1CC2(C)CC1CC(C)(C)C2. The number of nitrogens with zero attached hydrogens (tertiary/aromatic N) is 2. The lowest BCUT2D eigenvalue weighted by atomic mass is 9.65. The van der Waals surface area contributed by atoms with Crippen molar-refractivity contribution in [3.05, 3.63) is 77.9 Å². The van der Waals surface area contributed by atoms with Crippen LogP contribution in [0.5, 0.6) is 0 Å². The minimum Gasteiger partial charge on any atom is -0.368 e. The van der Waals surface area contributed by atoms with Crippen molar-refractivity contribution in [2.75, 3.05) is 13.6 Å². The van der Waals surface area contributed by atoms with Crippen LogP contribution >= 0.6 is 0 Å². The smallest absolute Gasteiger partial charge is 0.227 e. The molecule has 2 bridgehead atoms. The van der Waals surface area contributed by atoms with Crippen molar-refractivity contribution in [1.29, 1.82) is 0 Å². The Labute approximate surface area is 187 Å². The normalized spacial score (nSPS) is 24.1. The molecule has 1 saturated carbocycles. The van der Waals surface area contributed by atoms with E-state index in [1.165, 1.54) is 24.8 Å². The fourth-order valence-corrected chi connectivity index (χ4v) is 6.01. The van der Waals surface area contributed by atoms with Gasteiger partial charge in [-0.2, -0.15) is 0 Å². The monoisotopic (exact) mass is 416 g/mol. The van der Waals surface area contributed by atoms with E-state index >= 15 is 0 Å². The van der Waals surface area contributed by atoms with Gasteiger partial charge < -0.3 is 9.80 Å². The minimum atomic E-state index is 0.139. The summed E-state index contributed by atoms with van der Waals surface area (Å²) in [5.74, 6) is 0.139. The molecule has 2 fully saturated rings. The number of likely N-dealkylation sites (N-methyl/N-ethyl adjacent to an activating group) is 1. The maximum absolute atomic E-state index is 12.6. The number of likely N-dealkylation sites (tertiary alicyclic amines) is 1. The van der Waals surface area contributed by atoms with Crippen LogP contribution in [0, 0.1) is 10.8 Å². The maximum atomic E-state index is 12.6. The van der Waals surface area contributed by atoms with Crippen molar-refractivity contribution in [3.63, 3.8) is 0 Å². The van der Waals surface area contributed by atoms with Gasteiger partial charge in [0.25, 0.3) is 0 Å². The van der Waals surface area contributed by atoms with E-state index in [0.717, 1.165) is 23.4 Å². The fraction of sp³-hybridized carbons (Fsp3) is 0.464. The van der Waals surface area contributed by atoms with E-state index in [9.17, 15) is 4.79 Å². The summed E-state index contributed by atoms with van der Waals surface area (Å²) in [5.41, 5.74) is 5.35. The Morgan fingerprint density at radius 3 is 2.39 bits per heavy atom. The molecule has 2 aromatic carbocycles. The van der Waals surface area contributed by atoms with Crippen LogP contribution in [0.25, 0.3) is 5.70 Å². The fourth-order valence-electron chi connectivity index (χ4n) is 6.01. The van der Waals surface area contributed by atoms with E-state index in [2.05, 4.69) is 56.5 Å². The second-order valence-corrected chi connectivity index (χ2v) is 10.9. The van der Waals surface area contributed by atoms with Gasteiger partial charge in [0.1, 0.15) is 0 Å². The Kier molecular flexibility index (Phi) is 5.72. The highest BCUT2D eigenvalue weighted by Gasteiger charge is 2.49. The van der Waals surface area contributed by atoms with Crippen LogP contribution in [0.3, 0.4) is 0 Å². The highest BCUT2D eigenvalue weighted by molar-refractivity contribution is 5.78. The molecule has 2 aromatic rings. The van der Waals surface area contributed by atoms with Gasteiger partial charge >= 0.3 is 0 Å². The summed E-state index contributed by atoms with van der Waals surface area (Å²) in [7, 11) is 1.88. The molecule has 0 N–H and O–H groups in total. The molecule has 2 unspecified atom stereocenters. The van der Waals surface area contributed by atoms with Crippen LogP contribution in [0.1, 0.15) is 56.7 Å². The first kappa shape index (κ1) is 21.7. The molecule has 3 nitrogen and oxygen atoms in total. The maximum Gasteiger partial charge on any atom is 0.227 e. The second kappa shape index (κ2) is 8.18. The van der Waals surface area contributed by atoms with E-state index in [0.29, 0.717) is 29.8 Å². The third-order valence-electron chi connectivity index (χ3n) is 7.09. The molecule has 1 heterocycles. The molecule has 1 saturated heterocycles. The summed E-state index contributed by atoms with van der Waals surface area (Å²) in [6.45, 7) is 13.5. The van der Waals surface area contributed by atoms with Crippen LogP contribution in [-0.4, -0.2) is 35.3 Å². The molecule has 4 rings (SSSR count). The van der Waals surface area contributed by atoms with Gasteiger partial charge in [-0.1, -0.05) is 81.9 Å². The van der Waals surface area contributed by atoms with Gasteiger partial charge in [-0.25, -0.2) is 0 Å². The summed E-state index contributed by atoms with van der Waals surface area (Å²) < 4.78 is 0. The Morgan fingerprint density at radius 2 is 1.71 bits per heavy atom. The number of carbonyl (C=O) groups excluding carboxylic acids is 1. The highest BCUT2D eigenvalue weighted by atomic mass is 16.2. The van der Waals surface area contributed by atoms with Crippen LogP contribution in [0.4, 0.5) is 0 Å². The molecule has 0 radical (unpaired) electrons. The van der Waals surface area contributed by atoms with Crippen molar-refractivity contribution in [3.8, 4) is 0 Å². The number of carbonyl (C=O) groups is 1. The molecule has 1 amide bonds. The van der Waals surface area contributed by atoms with Crippen molar-refractivity contribution in [1.82, 2.24) is 9.80 Å². The van der Waals surface area contributed by atoms with Crippen molar-refractivity contribution >= 4 is 11.6 Å². The average Bonchev–Trinajstić information content (AvgIpc) is 2.97. The molecule has 2 aliphatic rings. The molecule has 1 aliphatic carbocycles. The lowest BCUT2D eigenvalue weighted by Gasteiger charge is -2.39. The molecule has 0 aromatic heterocycles. The largest absolute Gasteiger partial charge is 0.368 e. The minimum absolute atomic E-state index is 0.139. The molecule has 3 heteroatoms. The molecule has 0 spiro atoms. The molecular formula is C28H36N2O. The van der Waals surface area contributed by atoms with Crippen molar-refractivity contribution in [2.45, 2.75) is 59.0 Å². The predicted octanol–water partition coefficient (Wildman–Crippen LogP) is 5.76. The first-order chi connectivity index (χ1) is 14.6. The number of hydrogen-bond acceptors (Lipinski definition) is 2. The number of fused-ring (bicyclic) bond motifs is 2. The van der Waals surface area contributed by atoms with Crippen molar-refractivity contribution in [2.24, 2.45) is 10.8 Å². The van der Waals surface area contributed by atoms with Crippen LogP contribution < -0.4 is 0 Å². The van der Waals surface area contributed by atoms with Gasteiger partial charge in [0.15, 0.2) is 0 Å². The molecule has 1 aliphatic heterocycles. The Bertz CT molecular complexity index is 947. The first-order valence-corrected chi connectivity index (χ1v) is 11.5. The van der Waals surface area contributed by atoms with Gasteiger partial charge in [0.05, 0.1) is 6.42 Å². The lowest BCUT2D eigenvalue weighted by Crippen LogP contribution is -2.34. The van der Waals surface area contributed by atoms with Crippen molar-refractivity contribution < 1.29 is 4.79 Å². The summed E-state index contributed by atoms with van der Waals surface area (Å²) in [6.07, 6.45) is 4.26. The number of amides is 1. The number of hydrogen-bond donors (Lipinski definition) is 0. The van der Waals surface area contributed by atoms with Crippen LogP contribution in [0.2, 0.25) is 0 Å². The summed E-state index contributed by atoms with van der Waals surface area (Å²) in [5, 5.41) is 0. The zero-order valence-corrected chi connectivity index (χ0v) is 19.5. The van der Waals surface area contributed by atoms with Gasteiger partial charge in [0, 0.05) is 31.9 Å². The number of rotatable bonds is 6. The summed E-state index contributed by atoms with van der Waals surface area (Å²) >= 11 is 0. The number of benzene rings is 2. The summed E-state index contributed by atoms with van der Waals surface area (Å²) in [4.78, 5) is 16.9. The second-order valence-electron chi connectivity index (χ2n) is 10.9. The molecule has 2 atom stereocenters. The first-order valence-electron chi connectivity index (χ1n) is 11.5. The van der Waals surface area contributed by atoms with E-state index in [1.807, 2.05) is 42.3 Å². The summed E-state index contributed by atoms with van der Waals surface area (Å²) in [6, 6.07) is 19.1. The van der Waals surface area contributed by atoms with E-state index < -0.39 is 0 Å². The molecule has 164 valence electrons. The van der Waals surface area contributed by atoms with Gasteiger partial charge in [-0.15, -0.1) is 0 Å². The van der Waals surface area contributed by atoms with E-state index in [1.54, 1.807) is 0 Å². The van der Waals surface area contributed by atoms with Crippen LogP contribution in [-0.2, 0) is 17.8 Å². The zero-order chi connectivity index (χ0) is 22.2. The third-order valence-corrected chi connectivity index (χ3v) is 7.09. The average molecular weight is 417 g/mol. The topological polar surface area (TPSA) is 23.6 Å². The quantitative estimate of drug-likeness (QED) is 0.598. The third kappa shape index (κ3) is 4.87. The molecule has 31 heavy (non-hydrogen) atoms.